The molecule has 0 unspecified atom stereocenters. The molecule has 0 saturated carbocycles. The van der Waals surface area contributed by atoms with Gasteiger partial charge in [-0.05, 0) is 55.6 Å². The molecule has 0 atom stereocenters. The van der Waals surface area contributed by atoms with Crippen LogP contribution < -0.4 is 0 Å². The minimum atomic E-state index is -2.65. The van der Waals surface area contributed by atoms with E-state index in [9.17, 15) is 13.6 Å². The van der Waals surface area contributed by atoms with E-state index in [0.29, 0.717) is 16.9 Å². The molecule has 0 aliphatic heterocycles. The first kappa shape index (κ1) is 17.4. The van der Waals surface area contributed by atoms with Crippen LogP contribution in [0.5, 0.6) is 0 Å². The summed E-state index contributed by atoms with van der Waals surface area (Å²) in [5, 5.41) is 4.05. The minimum Gasteiger partial charge on any atom is -0.295 e. The van der Waals surface area contributed by atoms with E-state index in [1.165, 1.54) is 17.7 Å². The highest BCUT2D eigenvalue weighted by atomic mass is 32.2. The number of alkyl halides is 2. The van der Waals surface area contributed by atoms with Gasteiger partial charge < -0.3 is 0 Å². The number of benzene rings is 2. The van der Waals surface area contributed by atoms with Gasteiger partial charge in [-0.2, -0.15) is 5.10 Å². The summed E-state index contributed by atoms with van der Waals surface area (Å²) >= 11 is 1.61. The number of Topliss-reactive ketones (excluding diaryl/α,β-unsaturated/α-hetero) is 1. The summed E-state index contributed by atoms with van der Waals surface area (Å²) in [7, 11) is 0. The summed E-state index contributed by atoms with van der Waals surface area (Å²) in [6, 6.07) is 15.8. The van der Waals surface area contributed by atoms with Gasteiger partial charge in [0.2, 0.25) is 0 Å². The number of thioether (sulfide) groups is 1. The molecule has 3 rings (SSSR count). The Kier molecular flexibility index (Phi) is 4.99. The Morgan fingerprint density at radius 1 is 1.08 bits per heavy atom. The fraction of sp³-hybridized carbons (Fsp3) is 0.158. The van der Waals surface area contributed by atoms with Crippen LogP contribution >= 0.6 is 11.8 Å². The summed E-state index contributed by atoms with van der Waals surface area (Å²) in [5.74, 6) is -0.0480. The zero-order valence-electron chi connectivity index (χ0n) is 13.7. The molecule has 25 heavy (non-hydrogen) atoms. The Morgan fingerprint density at radius 3 is 2.24 bits per heavy atom. The van der Waals surface area contributed by atoms with Crippen LogP contribution in [0, 0.1) is 0 Å². The van der Waals surface area contributed by atoms with Gasteiger partial charge in [-0.3, -0.25) is 4.79 Å². The van der Waals surface area contributed by atoms with Gasteiger partial charge in [0.1, 0.15) is 5.69 Å². The van der Waals surface area contributed by atoms with Gasteiger partial charge in [0.25, 0.3) is 6.43 Å². The van der Waals surface area contributed by atoms with Crippen LogP contribution in [-0.4, -0.2) is 21.8 Å². The zero-order chi connectivity index (χ0) is 18.0. The second-order valence-corrected chi connectivity index (χ2v) is 6.38. The topological polar surface area (TPSA) is 34.9 Å². The molecule has 6 heteroatoms. The third-order valence-corrected chi connectivity index (χ3v) is 4.60. The number of rotatable bonds is 5. The monoisotopic (exact) mass is 358 g/mol. The van der Waals surface area contributed by atoms with E-state index < -0.39 is 6.43 Å². The molecular weight excluding hydrogens is 342 g/mol. The van der Waals surface area contributed by atoms with Crippen molar-refractivity contribution in [3.05, 3.63) is 65.9 Å². The van der Waals surface area contributed by atoms with Crippen molar-refractivity contribution in [3.63, 3.8) is 0 Å². The molecule has 0 aliphatic carbocycles. The zero-order valence-corrected chi connectivity index (χ0v) is 14.6. The van der Waals surface area contributed by atoms with Crippen LogP contribution in [0.2, 0.25) is 0 Å². The third kappa shape index (κ3) is 3.64. The highest BCUT2D eigenvalue weighted by molar-refractivity contribution is 7.98. The van der Waals surface area contributed by atoms with Gasteiger partial charge in [0.05, 0.1) is 11.4 Å². The second-order valence-electron chi connectivity index (χ2n) is 5.50. The van der Waals surface area contributed by atoms with Crippen molar-refractivity contribution < 1.29 is 13.6 Å². The first-order chi connectivity index (χ1) is 12.0. The van der Waals surface area contributed by atoms with Gasteiger partial charge in [-0.1, -0.05) is 12.1 Å². The van der Waals surface area contributed by atoms with Crippen LogP contribution in [0.4, 0.5) is 8.78 Å². The molecule has 0 fully saturated rings. The van der Waals surface area contributed by atoms with Gasteiger partial charge in [0.15, 0.2) is 5.78 Å². The molecule has 0 bridgehead atoms. The molecular formula is C19H16F2N2OS. The van der Waals surface area contributed by atoms with Gasteiger partial charge in [0, 0.05) is 16.0 Å². The molecule has 2 aromatic carbocycles. The van der Waals surface area contributed by atoms with Crippen molar-refractivity contribution in [2.24, 2.45) is 0 Å². The molecule has 0 radical (unpaired) electrons. The molecule has 1 aromatic heterocycles. The van der Waals surface area contributed by atoms with Crippen molar-refractivity contribution in [2.75, 3.05) is 6.26 Å². The van der Waals surface area contributed by atoms with Crippen molar-refractivity contribution in [2.45, 2.75) is 18.2 Å². The van der Waals surface area contributed by atoms with E-state index in [1.807, 2.05) is 30.5 Å². The highest BCUT2D eigenvalue weighted by Gasteiger charge is 2.18. The van der Waals surface area contributed by atoms with Crippen molar-refractivity contribution >= 4 is 17.5 Å². The number of ketones is 1. The molecule has 0 N–H and O–H groups in total. The smallest absolute Gasteiger partial charge is 0.282 e. The average Bonchev–Trinajstić information content (AvgIpc) is 3.07. The number of aromatic nitrogens is 2. The molecule has 0 aliphatic rings. The molecule has 3 nitrogen and oxygen atoms in total. The van der Waals surface area contributed by atoms with E-state index in [2.05, 4.69) is 5.10 Å². The number of hydrogen-bond acceptors (Lipinski definition) is 3. The molecule has 0 spiro atoms. The summed E-state index contributed by atoms with van der Waals surface area (Å²) in [4.78, 5) is 12.5. The van der Waals surface area contributed by atoms with Crippen LogP contribution in [-0.2, 0) is 0 Å². The summed E-state index contributed by atoms with van der Waals surface area (Å²) in [6.45, 7) is 1.48. The minimum absolute atomic E-state index is 0.0480. The fourth-order valence-corrected chi connectivity index (χ4v) is 2.92. The Morgan fingerprint density at radius 2 is 1.72 bits per heavy atom. The van der Waals surface area contributed by atoms with Crippen molar-refractivity contribution in [1.82, 2.24) is 9.78 Å². The van der Waals surface area contributed by atoms with Crippen LogP contribution in [0.3, 0.4) is 0 Å². The summed E-state index contributed by atoms with van der Waals surface area (Å²) in [6.07, 6.45) is -0.674. The fourth-order valence-electron chi connectivity index (χ4n) is 2.51. The largest absolute Gasteiger partial charge is 0.295 e. The van der Waals surface area contributed by atoms with Crippen molar-refractivity contribution in [1.29, 1.82) is 0 Å². The van der Waals surface area contributed by atoms with E-state index in [-0.39, 0.29) is 11.5 Å². The Balaban J connectivity index is 2.09. The number of carbonyl (C=O) groups is 1. The first-order valence-electron chi connectivity index (χ1n) is 7.63. The molecule has 0 amide bonds. The Bertz CT molecular complexity index is 887. The molecule has 3 aromatic rings. The second kappa shape index (κ2) is 7.19. The number of halogens is 2. The number of nitrogens with zero attached hydrogens (tertiary/aromatic N) is 2. The quantitative estimate of drug-likeness (QED) is 0.452. The number of hydrogen-bond donors (Lipinski definition) is 0. The summed E-state index contributed by atoms with van der Waals surface area (Å²) < 4.78 is 27.8. The number of carbonyl (C=O) groups excluding carboxylic acids is 1. The maximum absolute atomic E-state index is 13.2. The van der Waals surface area contributed by atoms with E-state index in [1.54, 1.807) is 36.0 Å². The SMILES string of the molecule is CSc1ccc(-c2cc(C(F)F)nn2-c2ccc(C(C)=O)cc2)cc1. The lowest BCUT2D eigenvalue weighted by molar-refractivity contribution is 0.101. The molecule has 128 valence electrons. The highest BCUT2D eigenvalue weighted by Crippen LogP contribution is 2.29. The first-order valence-corrected chi connectivity index (χ1v) is 8.86. The standard InChI is InChI=1S/C19H16F2N2OS/c1-12(24)13-3-7-15(8-4-13)23-18(11-17(22-23)19(20)21)14-5-9-16(25-2)10-6-14/h3-11,19H,1-2H3. The molecule has 0 saturated heterocycles. The van der Waals surface area contributed by atoms with E-state index in [0.717, 1.165) is 10.5 Å². The molecule has 1 heterocycles. The lowest BCUT2D eigenvalue weighted by Gasteiger charge is -2.09. The lowest BCUT2D eigenvalue weighted by Crippen LogP contribution is -2.01. The van der Waals surface area contributed by atoms with Gasteiger partial charge in [-0.25, -0.2) is 13.5 Å². The average molecular weight is 358 g/mol. The lowest BCUT2D eigenvalue weighted by atomic mass is 10.1. The van der Waals surface area contributed by atoms with Crippen molar-refractivity contribution in [3.8, 4) is 16.9 Å². The van der Waals surface area contributed by atoms with Crippen LogP contribution in [0.15, 0.2) is 59.5 Å². The van der Waals surface area contributed by atoms with Gasteiger partial charge in [-0.15, -0.1) is 11.8 Å². The van der Waals surface area contributed by atoms with Crippen LogP contribution in [0.1, 0.15) is 29.4 Å². The Hall–Kier alpha value is -2.47. The predicted octanol–water partition coefficient (Wildman–Crippen LogP) is 5.40. The Labute approximate surface area is 148 Å². The summed E-state index contributed by atoms with van der Waals surface area (Å²) in [5.41, 5.74) is 2.29. The normalized spacial score (nSPS) is 11.1. The van der Waals surface area contributed by atoms with Gasteiger partial charge >= 0.3 is 0 Å². The van der Waals surface area contributed by atoms with Crippen LogP contribution in [0.25, 0.3) is 16.9 Å². The maximum atomic E-state index is 13.2. The van der Waals surface area contributed by atoms with E-state index in [4.69, 9.17) is 0 Å². The van der Waals surface area contributed by atoms with E-state index >= 15 is 0 Å². The maximum Gasteiger partial charge on any atom is 0.282 e. The predicted molar refractivity (Wildman–Crippen MR) is 95.7 cm³/mol. The third-order valence-electron chi connectivity index (χ3n) is 3.86.